The van der Waals surface area contributed by atoms with Crippen molar-refractivity contribution >= 4 is 11.3 Å². The van der Waals surface area contributed by atoms with Crippen LogP contribution in [0.3, 0.4) is 0 Å². The number of aromatic amines is 1. The second-order valence-electron chi connectivity index (χ2n) is 3.17. The van der Waals surface area contributed by atoms with Gasteiger partial charge in [0.15, 0.2) is 0 Å². The molecule has 0 fully saturated rings. The molecule has 1 heterocycles. The van der Waals surface area contributed by atoms with E-state index < -0.39 is 0 Å². The molecule has 0 saturated heterocycles. The van der Waals surface area contributed by atoms with Crippen LogP contribution < -0.4 is 4.87 Å². The lowest BCUT2D eigenvalue weighted by atomic mass is 10.1. The lowest BCUT2D eigenvalue weighted by molar-refractivity contribution is 0.628. The fraction of sp³-hybridized carbons (Fsp3) is 0.182. The van der Waals surface area contributed by atoms with E-state index in [1.165, 1.54) is 23.5 Å². The first-order valence-corrected chi connectivity index (χ1v) is 5.50. The molecule has 1 N–H and O–H groups in total. The Balaban J connectivity index is 2.53. The zero-order valence-electron chi connectivity index (χ0n) is 8.21. The molecule has 2 aromatic rings. The molecule has 2 rings (SSSR count). The van der Waals surface area contributed by atoms with Gasteiger partial charge in [-0.15, -0.1) is 0 Å². The van der Waals surface area contributed by atoms with Crippen molar-refractivity contribution in [2.45, 2.75) is 13.3 Å². The van der Waals surface area contributed by atoms with Crippen molar-refractivity contribution < 1.29 is 4.39 Å². The van der Waals surface area contributed by atoms with Gasteiger partial charge in [0.25, 0.3) is 0 Å². The number of rotatable bonds is 2. The maximum absolute atomic E-state index is 12.7. The molecule has 0 aliphatic rings. The summed E-state index contributed by atoms with van der Waals surface area (Å²) in [6, 6.07) is 6.13. The minimum absolute atomic E-state index is 0.0637. The zero-order valence-corrected chi connectivity index (χ0v) is 9.03. The Bertz CT molecular complexity index is 512. The molecule has 78 valence electrons. The van der Waals surface area contributed by atoms with Gasteiger partial charge in [0.1, 0.15) is 5.82 Å². The molecule has 4 heteroatoms. The maximum Gasteiger partial charge on any atom is 0.305 e. The van der Waals surface area contributed by atoms with Gasteiger partial charge in [-0.05, 0) is 36.2 Å². The number of hydrogen-bond acceptors (Lipinski definition) is 2. The van der Waals surface area contributed by atoms with E-state index in [4.69, 9.17) is 0 Å². The summed E-state index contributed by atoms with van der Waals surface area (Å²) in [6.07, 6.45) is 0.802. The van der Waals surface area contributed by atoms with Crippen molar-refractivity contribution in [1.29, 1.82) is 0 Å². The summed E-state index contributed by atoms with van der Waals surface area (Å²) in [5.41, 5.74) is 1.67. The normalized spacial score (nSPS) is 10.5. The van der Waals surface area contributed by atoms with Gasteiger partial charge < -0.3 is 4.98 Å². The van der Waals surface area contributed by atoms with Gasteiger partial charge in [-0.2, -0.15) is 0 Å². The number of thiazole rings is 1. The Morgan fingerprint density at radius 2 is 2.00 bits per heavy atom. The molecule has 1 aromatic carbocycles. The highest BCUT2D eigenvalue weighted by atomic mass is 32.1. The number of H-pyrrole nitrogens is 1. The predicted octanol–water partition coefficient (Wildman–Crippen LogP) is 2.80. The second-order valence-corrected chi connectivity index (χ2v) is 4.24. The summed E-state index contributed by atoms with van der Waals surface area (Å²) < 4.78 is 12.7. The van der Waals surface area contributed by atoms with E-state index in [9.17, 15) is 9.18 Å². The highest BCUT2D eigenvalue weighted by Crippen LogP contribution is 2.23. The monoisotopic (exact) mass is 223 g/mol. The number of halogens is 1. The molecule has 1 aromatic heterocycles. The third kappa shape index (κ3) is 1.99. The maximum atomic E-state index is 12.7. The third-order valence-electron chi connectivity index (χ3n) is 2.18. The molecule has 2 nitrogen and oxygen atoms in total. The van der Waals surface area contributed by atoms with Gasteiger partial charge in [0, 0.05) is 4.88 Å². The molecule has 0 spiro atoms. The molecular formula is C11H10FNOS. The van der Waals surface area contributed by atoms with E-state index in [-0.39, 0.29) is 10.7 Å². The van der Waals surface area contributed by atoms with E-state index in [2.05, 4.69) is 4.98 Å². The van der Waals surface area contributed by atoms with Gasteiger partial charge in [-0.3, -0.25) is 4.79 Å². The number of hydrogen-bond donors (Lipinski definition) is 1. The number of benzene rings is 1. The van der Waals surface area contributed by atoms with Crippen LogP contribution in [0.4, 0.5) is 4.39 Å². The van der Waals surface area contributed by atoms with Crippen molar-refractivity contribution in [3.05, 3.63) is 44.6 Å². The van der Waals surface area contributed by atoms with Gasteiger partial charge in [0.05, 0.1) is 5.69 Å². The molecule has 0 unspecified atom stereocenters. The molecular weight excluding hydrogens is 213 g/mol. The van der Waals surface area contributed by atoms with Crippen molar-refractivity contribution in [2.24, 2.45) is 0 Å². The molecule has 15 heavy (non-hydrogen) atoms. The number of nitrogens with one attached hydrogen (secondary N) is 1. The Hall–Kier alpha value is -1.42. The fourth-order valence-electron chi connectivity index (χ4n) is 1.46. The Morgan fingerprint density at radius 1 is 1.33 bits per heavy atom. The first-order chi connectivity index (χ1) is 7.20. The summed E-state index contributed by atoms with van der Waals surface area (Å²) in [6.45, 7) is 1.99. The highest BCUT2D eigenvalue weighted by Gasteiger charge is 2.08. The van der Waals surface area contributed by atoms with Crippen molar-refractivity contribution in [3.8, 4) is 11.3 Å². The Kier molecular flexibility index (Phi) is 2.68. The van der Waals surface area contributed by atoms with Gasteiger partial charge in [-0.25, -0.2) is 4.39 Å². The average molecular weight is 223 g/mol. The van der Waals surface area contributed by atoms with Crippen LogP contribution in [-0.2, 0) is 6.42 Å². The number of aryl methyl sites for hydroxylation is 1. The van der Waals surface area contributed by atoms with E-state index in [0.29, 0.717) is 0 Å². The third-order valence-corrected chi connectivity index (χ3v) is 3.20. The van der Waals surface area contributed by atoms with Gasteiger partial charge in [0.2, 0.25) is 0 Å². The molecule has 0 saturated carbocycles. The second kappa shape index (κ2) is 3.98. The predicted molar refractivity (Wildman–Crippen MR) is 59.7 cm³/mol. The summed E-state index contributed by atoms with van der Waals surface area (Å²) in [4.78, 5) is 14.9. The van der Waals surface area contributed by atoms with Crippen LogP contribution in [0.1, 0.15) is 11.8 Å². The summed E-state index contributed by atoms with van der Waals surface area (Å²) >= 11 is 1.21. The van der Waals surface area contributed by atoms with Crippen molar-refractivity contribution in [2.75, 3.05) is 0 Å². The van der Waals surface area contributed by atoms with Crippen LogP contribution in [0.25, 0.3) is 11.3 Å². The van der Waals surface area contributed by atoms with Crippen LogP contribution in [0.15, 0.2) is 29.1 Å². The minimum Gasteiger partial charge on any atom is -0.312 e. The van der Waals surface area contributed by atoms with Crippen LogP contribution in [0.2, 0.25) is 0 Å². The first kappa shape index (κ1) is 10.1. The quantitative estimate of drug-likeness (QED) is 0.834. The van der Waals surface area contributed by atoms with Crippen LogP contribution in [0.5, 0.6) is 0 Å². The lowest BCUT2D eigenvalue weighted by Gasteiger charge is -2.00. The molecule has 0 amide bonds. The lowest BCUT2D eigenvalue weighted by Crippen LogP contribution is -1.92. The minimum atomic E-state index is -0.269. The van der Waals surface area contributed by atoms with Crippen molar-refractivity contribution in [3.63, 3.8) is 0 Å². The number of aromatic nitrogens is 1. The van der Waals surface area contributed by atoms with E-state index in [0.717, 1.165) is 22.6 Å². The fourth-order valence-corrected chi connectivity index (χ4v) is 2.25. The van der Waals surface area contributed by atoms with Crippen molar-refractivity contribution in [1.82, 2.24) is 4.98 Å². The Morgan fingerprint density at radius 3 is 2.60 bits per heavy atom. The summed E-state index contributed by atoms with van der Waals surface area (Å²) in [7, 11) is 0. The highest BCUT2D eigenvalue weighted by molar-refractivity contribution is 7.09. The standard InChI is InChI=1S/C11H10FNOS/c1-2-9-10(13-11(14)15-9)7-3-5-8(12)6-4-7/h3-6H,2H2,1H3,(H,13,14). The zero-order chi connectivity index (χ0) is 10.8. The smallest absolute Gasteiger partial charge is 0.305 e. The molecule has 0 bridgehead atoms. The largest absolute Gasteiger partial charge is 0.312 e. The van der Waals surface area contributed by atoms with E-state index in [1.54, 1.807) is 12.1 Å². The topological polar surface area (TPSA) is 32.9 Å². The van der Waals surface area contributed by atoms with Crippen LogP contribution >= 0.6 is 11.3 Å². The Labute approximate surface area is 90.4 Å². The first-order valence-electron chi connectivity index (χ1n) is 4.68. The summed E-state index contributed by atoms with van der Waals surface area (Å²) in [5, 5.41) is 0. The van der Waals surface area contributed by atoms with Gasteiger partial charge >= 0.3 is 4.87 Å². The molecule has 0 aliphatic heterocycles. The van der Waals surface area contributed by atoms with Crippen LogP contribution in [-0.4, -0.2) is 4.98 Å². The molecule has 0 radical (unpaired) electrons. The molecule has 0 aliphatic carbocycles. The van der Waals surface area contributed by atoms with Crippen LogP contribution in [0, 0.1) is 5.82 Å². The van der Waals surface area contributed by atoms with Gasteiger partial charge in [-0.1, -0.05) is 18.3 Å². The van der Waals surface area contributed by atoms with E-state index >= 15 is 0 Å². The van der Waals surface area contributed by atoms with E-state index in [1.807, 2.05) is 6.92 Å². The summed E-state index contributed by atoms with van der Waals surface area (Å²) in [5.74, 6) is -0.269. The average Bonchev–Trinajstić information content (AvgIpc) is 2.61. The SMILES string of the molecule is CCc1sc(=O)[nH]c1-c1ccc(F)cc1. The molecule has 0 atom stereocenters.